The summed E-state index contributed by atoms with van der Waals surface area (Å²) < 4.78 is 39.2. The monoisotopic (exact) mass is 312 g/mol. The summed E-state index contributed by atoms with van der Waals surface area (Å²) in [6.45, 7) is 4.08. The van der Waals surface area contributed by atoms with Gasteiger partial charge < -0.3 is 5.32 Å². The van der Waals surface area contributed by atoms with Crippen molar-refractivity contribution >= 4 is 15.9 Å². The van der Waals surface area contributed by atoms with E-state index in [2.05, 4.69) is 11.9 Å². The number of hydrogen-bond donors (Lipinski definition) is 1. The van der Waals surface area contributed by atoms with Crippen molar-refractivity contribution in [3.8, 4) is 0 Å². The summed E-state index contributed by atoms with van der Waals surface area (Å²) in [6.07, 6.45) is 2.63. The van der Waals surface area contributed by atoms with E-state index in [0.717, 1.165) is 12.1 Å². The van der Waals surface area contributed by atoms with Crippen molar-refractivity contribution in [1.29, 1.82) is 0 Å². The van der Waals surface area contributed by atoms with Gasteiger partial charge in [0.05, 0.1) is 4.90 Å². The molecule has 0 aliphatic carbocycles. The van der Waals surface area contributed by atoms with Gasteiger partial charge in [0.2, 0.25) is 15.9 Å². The second-order valence-corrected chi connectivity index (χ2v) is 6.65. The van der Waals surface area contributed by atoms with Gasteiger partial charge in [-0.3, -0.25) is 4.79 Å². The van der Waals surface area contributed by atoms with E-state index in [0.29, 0.717) is 19.4 Å². The highest BCUT2D eigenvalue weighted by atomic mass is 32.2. The van der Waals surface area contributed by atoms with Gasteiger partial charge in [-0.25, -0.2) is 12.8 Å². The zero-order valence-corrected chi connectivity index (χ0v) is 12.3. The third-order valence-corrected chi connectivity index (χ3v) is 5.27. The number of amides is 1. The molecule has 5 nitrogen and oxygen atoms in total. The standard InChI is InChI=1S/C14H17FN2O3S/c1-2-9-16-14(18)13-4-3-10-17(13)21(19,20)12-7-5-11(15)6-8-12/h2,5-8,13H,1,3-4,9-10H2,(H,16,18)/t13-/m1/s1. The first-order valence-electron chi connectivity index (χ1n) is 6.63. The lowest BCUT2D eigenvalue weighted by molar-refractivity contribution is -0.123. The smallest absolute Gasteiger partial charge is 0.243 e. The largest absolute Gasteiger partial charge is 0.351 e. The van der Waals surface area contributed by atoms with Crippen LogP contribution in [0.5, 0.6) is 0 Å². The van der Waals surface area contributed by atoms with Crippen LogP contribution in [0.3, 0.4) is 0 Å². The summed E-state index contributed by atoms with van der Waals surface area (Å²) in [7, 11) is -3.79. The maximum Gasteiger partial charge on any atom is 0.243 e. The third kappa shape index (κ3) is 3.30. The molecule has 0 saturated carbocycles. The zero-order valence-electron chi connectivity index (χ0n) is 11.5. The number of nitrogens with zero attached hydrogens (tertiary/aromatic N) is 1. The number of nitrogens with one attached hydrogen (secondary N) is 1. The molecule has 21 heavy (non-hydrogen) atoms. The van der Waals surface area contributed by atoms with Crippen molar-refractivity contribution in [1.82, 2.24) is 9.62 Å². The molecule has 1 saturated heterocycles. The van der Waals surface area contributed by atoms with E-state index in [1.165, 1.54) is 22.5 Å². The van der Waals surface area contributed by atoms with Crippen LogP contribution >= 0.6 is 0 Å². The van der Waals surface area contributed by atoms with E-state index in [1.807, 2.05) is 0 Å². The molecule has 1 fully saturated rings. The molecule has 2 rings (SSSR count). The molecule has 1 aromatic rings. The minimum atomic E-state index is -3.79. The molecule has 0 unspecified atom stereocenters. The lowest BCUT2D eigenvalue weighted by Crippen LogP contribution is -2.45. The number of hydrogen-bond acceptors (Lipinski definition) is 3. The fraction of sp³-hybridized carbons (Fsp3) is 0.357. The van der Waals surface area contributed by atoms with Crippen molar-refractivity contribution in [2.24, 2.45) is 0 Å². The molecular weight excluding hydrogens is 295 g/mol. The van der Waals surface area contributed by atoms with Crippen molar-refractivity contribution < 1.29 is 17.6 Å². The molecule has 1 atom stereocenters. The highest BCUT2D eigenvalue weighted by Crippen LogP contribution is 2.26. The first-order valence-corrected chi connectivity index (χ1v) is 8.07. The van der Waals surface area contributed by atoms with Crippen LogP contribution in [0.2, 0.25) is 0 Å². The predicted octanol–water partition coefficient (Wildman–Crippen LogP) is 1.28. The predicted molar refractivity (Wildman–Crippen MR) is 76.5 cm³/mol. The van der Waals surface area contributed by atoms with Crippen LogP contribution < -0.4 is 5.32 Å². The number of rotatable bonds is 5. The molecule has 1 heterocycles. The molecule has 0 radical (unpaired) electrons. The van der Waals surface area contributed by atoms with Crippen LogP contribution in [-0.2, 0) is 14.8 Å². The van der Waals surface area contributed by atoms with Crippen molar-refractivity contribution in [2.45, 2.75) is 23.8 Å². The second kappa shape index (κ2) is 6.36. The summed E-state index contributed by atoms with van der Waals surface area (Å²) in [5.74, 6) is -0.839. The van der Waals surface area contributed by atoms with Crippen LogP contribution in [-0.4, -0.2) is 37.8 Å². The number of benzene rings is 1. The average molecular weight is 312 g/mol. The van der Waals surface area contributed by atoms with Gasteiger partial charge in [-0.1, -0.05) is 6.08 Å². The Morgan fingerprint density at radius 3 is 2.71 bits per heavy atom. The van der Waals surface area contributed by atoms with E-state index in [4.69, 9.17) is 0 Å². The van der Waals surface area contributed by atoms with Gasteiger partial charge in [-0.15, -0.1) is 6.58 Å². The minimum absolute atomic E-state index is 0.00711. The lowest BCUT2D eigenvalue weighted by Gasteiger charge is -2.23. The van der Waals surface area contributed by atoms with Gasteiger partial charge in [0.25, 0.3) is 0 Å². The maximum absolute atomic E-state index is 12.9. The van der Waals surface area contributed by atoms with Crippen molar-refractivity contribution in [3.63, 3.8) is 0 Å². The number of halogens is 1. The molecule has 1 N–H and O–H groups in total. The number of sulfonamides is 1. The molecule has 114 valence electrons. The summed E-state index contributed by atoms with van der Waals surface area (Å²) in [5.41, 5.74) is 0. The quantitative estimate of drug-likeness (QED) is 0.833. The molecule has 1 amide bonds. The van der Waals surface area contributed by atoms with E-state index in [1.54, 1.807) is 0 Å². The first kappa shape index (κ1) is 15.7. The maximum atomic E-state index is 12.9. The van der Waals surface area contributed by atoms with Crippen molar-refractivity contribution in [2.75, 3.05) is 13.1 Å². The Labute approximate surface area is 123 Å². The Morgan fingerprint density at radius 1 is 1.43 bits per heavy atom. The Kier molecular flexibility index (Phi) is 4.74. The molecule has 1 aliphatic heterocycles. The fourth-order valence-electron chi connectivity index (χ4n) is 2.32. The highest BCUT2D eigenvalue weighted by Gasteiger charge is 2.39. The summed E-state index contributed by atoms with van der Waals surface area (Å²) >= 11 is 0. The van der Waals surface area contributed by atoms with Gasteiger partial charge in [0.1, 0.15) is 11.9 Å². The number of carbonyl (C=O) groups excluding carboxylic acids is 1. The van der Waals surface area contributed by atoms with Crippen LogP contribution in [0.1, 0.15) is 12.8 Å². The van der Waals surface area contributed by atoms with Crippen LogP contribution in [0.25, 0.3) is 0 Å². The summed E-state index contributed by atoms with van der Waals surface area (Å²) in [6, 6.07) is 3.88. The van der Waals surface area contributed by atoms with Crippen LogP contribution in [0.15, 0.2) is 41.8 Å². The third-order valence-electron chi connectivity index (χ3n) is 3.35. The van der Waals surface area contributed by atoms with Gasteiger partial charge in [-0.05, 0) is 37.1 Å². The van der Waals surface area contributed by atoms with Gasteiger partial charge >= 0.3 is 0 Å². The molecular formula is C14H17FN2O3S. The lowest BCUT2D eigenvalue weighted by atomic mass is 10.2. The minimum Gasteiger partial charge on any atom is -0.351 e. The Balaban J connectivity index is 2.24. The fourth-order valence-corrected chi connectivity index (χ4v) is 3.98. The normalized spacial score (nSPS) is 19.4. The zero-order chi connectivity index (χ0) is 15.5. The highest BCUT2D eigenvalue weighted by molar-refractivity contribution is 7.89. The SMILES string of the molecule is C=CCNC(=O)[C@H]1CCCN1S(=O)(=O)c1ccc(F)cc1. The molecule has 1 aromatic carbocycles. The summed E-state index contributed by atoms with van der Waals surface area (Å²) in [4.78, 5) is 12.0. The molecule has 7 heteroatoms. The topological polar surface area (TPSA) is 66.5 Å². The summed E-state index contributed by atoms with van der Waals surface area (Å²) in [5, 5.41) is 2.61. The van der Waals surface area contributed by atoms with E-state index in [9.17, 15) is 17.6 Å². The van der Waals surface area contributed by atoms with Gasteiger partial charge in [0, 0.05) is 13.1 Å². The molecule has 0 spiro atoms. The molecule has 1 aliphatic rings. The van der Waals surface area contributed by atoms with Crippen molar-refractivity contribution in [3.05, 3.63) is 42.7 Å². The molecule has 0 aromatic heterocycles. The van der Waals surface area contributed by atoms with Gasteiger partial charge in [-0.2, -0.15) is 4.31 Å². The van der Waals surface area contributed by atoms with Gasteiger partial charge in [0.15, 0.2) is 0 Å². The van der Waals surface area contributed by atoms with E-state index < -0.39 is 21.9 Å². The van der Waals surface area contributed by atoms with E-state index in [-0.39, 0.29) is 17.3 Å². The van der Waals surface area contributed by atoms with Crippen LogP contribution in [0, 0.1) is 5.82 Å². The Morgan fingerprint density at radius 2 is 2.10 bits per heavy atom. The van der Waals surface area contributed by atoms with Crippen LogP contribution in [0.4, 0.5) is 4.39 Å². The Bertz CT molecular complexity index is 628. The van der Waals surface area contributed by atoms with E-state index >= 15 is 0 Å². The Hall–Kier alpha value is -1.73. The second-order valence-electron chi connectivity index (χ2n) is 4.76. The number of carbonyl (C=O) groups is 1. The average Bonchev–Trinajstić information content (AvgIpc) is 2.95. The first-order chi connectivity index (χ1) is 9.96. The molecule has 0 bridgehead atoms.